The molecule has 0 unspecified atom stereocenters. The van der Waals surface area contributed by atoms with Crippen molar-refractivity contribution in [2.24, 2.45) is 0 Å². The monoisotopic (exact) mass is 433 g/mol. The zero-order valence-corrected chi connectivity index (χ0v) is 18.8. The molecule has 2 aliphatic heterocycles. The topological polar surface area (TPSA) is 49.6 Å². The van der Waals surface area contributed by atoms with Gasteiger partial charge in [-0.25, -0.2) is 4.39 Å². The summed E-state index contributed by atoms with van der Waals surface area (Å²) in [6, 6.07) is 13.5. The number of carbonyl (C=O) groups is 1. The molecule has 1 amide bonds. The van der Waals surface area contributed by atoms with Gasteiger partial charge < -0.3 is 9.42 Å². The number of aromatic nitrogens is 1. The van der Waals surface area contributed by atoms with Crippen LogP contribution in [0, 0.1) is 26.6 Å². The van der Waals surface area contributed by atoms with E-state index in [1.807, 2.05) is 0 Å². The van der Waals surface area contributed by atoms with Crippen molar-refractivity contribution in [3.05, 3.63) is 82.0 Å². The summed E-state index contributed by atoms with van der Waals surface area (Å²) in [6.45, 7) is 8.94. The maximum atomic E-state index is 14.3. The molecule has 1 spiro atoms. The van der Waals surface area contributed by atoms with Crippen molar-refractivity contribution in [2.45, 2.75) is 45.6 Å². The molecular formula is C26H28FN3O2. The number of benzene rings is 2. The van der Waals surface area contributed by atoms with E-state index in [1.54, 1.807) is 30.9 Å². The van der Waals surface area contributed by atoms with Gasteiger partial charge in [0.1, 0.15) is 17.1 Å². The number of amides is 1. The molecule has 1 aromatic heterocycles. The molecule has 166 valence electrons. The molecule has 3 aromatic rings. The first-order valence-electron chi connectivity index (χ1n) is 11.2. The van der Waals surface area contributed by atoms with Crippen LogP contribution >= 0.6 is 0 Å². The maximum absolute atomic E-state index is 14.3. The second kappa shape index (κ2) is 7.85. The summed E-state index contributed by atoms with van der Waals surface area (Å²) < 4.78 is 19.5. The van der Waals surface area contributed by atoms with Gasteiger partial charge in [0.15, 0.2) is 0 Å². The van der Waals surface area contributed by atoms with E-state index in [-0.39, 0.29) is 17.1 Å². The van der Waals surface area contributed by atoms with Crippen LogP contribution in [-0.4, -0.2) is 35.6 Å². The van der Waals surface area contributed by atoms with E-state index >= 15 is 0 Å². The Kier molecular flexibility index (Phi) is 5.13. The molecule has 0 saturated carbocycles. The number of aryl methyl sites for hydroxylation is 3. The number of hydrogen-bond acceptors (Lipinski definition) is 4. The molecule has 0 aliphatic carbocycles. The van der Waals surface area contributed by atoms with Crippen molar-refractivity contribution in [2.75, 3.05) is 24.5 Å². The van der Waals surface area contributed by atoms with Gasteiger partial charge in [-0.05, 0) is 76.0 Å². The van der Waals surface area contributed by atoms with Gasteiger partial charge in [0.05, 0.1) is 5.69 Å². The second-order valence-electron chi connectivity index (χ2n) is 9.29. The lowest BCUT2D eigenvalue weighted by molar-refractivity contribution is 0.0973. The minimum atomic E-state index is -0.253. The molecule has 0 bridgehead atoms. The summed E-state index contributed by atoms with van der Waals surface area (Å²) in [5.74, 6) is 0.148. The number of anilines is 1. The number of rotatable bonds is 3. The quantitative estimate of drug-likeness (QED) is 0.588. The Morgan fingerprint density at radius 1 is 1.09 bits per heavy atom. The Labute approximate surface area is 187 Å². The maximum Gasteiger partial charge on any atom is 0.263 e. The highest BCUT2D eigenvalue weighted by molar-refractivity contribution is 6.09. The summed E-state index contributed by atoms with van der Waals surface area (Å²) in [6.07, 6.45) is 1.78. The zero-order valence-electron chi connectivity index (χ0n) is 18.8. The van der Waals surface area contributed by atoms with Gasteiger partial charge in [-0.1, -0.05) is 35.0 Å². The predicted octanol–water partition coefficient (Wildman–Crippen LogP) is 4.93. The van der Waals surface area contributed by atoms with Crippen LogP contribution < -0.4 is 4.90 Å². The first-order chi connectivity index (χ1) is 15.4. The largest absolute Gasteiger partial charge is 0.361 e. The Morgan fingerprint density at radius 2 is 1.81 bits per heavy atom. The highest BCUT2D eigenvalue weighted by atomic mass is 19.1. The molecule has 0 radical (unpaired) electrons. The fourth-order valence-corrected chi connectivity index (χ4v) is 5.26. The van der Waals surface area contributed by atoms with Crippen molar-refractivity contribution in [3.8, 4) is 0 Å². The van der Waals surface area contributed by atoms with E-state index in [0.29, 0.717) is 23.6 Å². The van der Waals surface area contributed by atoms with Crippen LogP contribution in [0.25, 0.3) is 0 Å². The van der Waals surface area contributed by atoms with Crippen LogP contribution in [-0.2, 0) is 12.0 Å². The van der Waals surface area contributed by atoms with Crippen molar-refractivity contribution >= 4 is 11.6 Å². The Morgan fingerprint density at radius 3 is 2.47 bits per heavy atom. The van der Waals surface area contributed by atoms with E-state index in [0.717, 1.165) is 43.7 Å². The van der Waals surface area contributed by atoms with Gasteiger partial charge in [0, 0.05) is 24.2 Å². The fourth-order valence-electron chi connectivity index (χ4n) is 5.26. The van der Waals surface area contributed by atoms with Crippen LogP contribution in [0.4, 0.5) is 10.1 Å². The second-order valence-corrected chi connectivity index (χ2v) is 9.29. The normalized spacial score (nSPS) is 17.7. The van der Waals surface area contributed by atoms with Crippen LogP contribution in [0.2, 0.25) is 0 Å². The van der Waals surface area contributed by atoms with Gasteiger partial charge in [-0.15, -0.1) is 0 Å². The van der Waals surface area contributed by atoms with Crippen molar-refractivity contribution in [3.63, 3.8) is 0 Å². The number of hydrogen-bond donors (Lipinski definition) is 0. The van der Waals surface area contributed by atoms with E-state index in [2.05, 4.69) is 41.2 Å². The fraction of sp³-hybridized carbons (Fsp3) is 0.385. The molecule has 6 heteroatoms. The molecule has 2 aliphatic rings. The molecule has 32 heavy (non-hydrogen) atoms. The standard InChI is InChI=1S/C26H28FN3O2/c1-17-4-6-20(7-5-17)15-29-12-10-26(11-13-29)16-30(23-9-8-21(27)14-22(23)26)25(31)24-18(2)28-32-19(24)3/h4-9,14H,10-13,15-16H2,1-3H3. The van der Waals surface area contributed by atoms with E-state index < -0.39 is 0 Å². The molecule has 1 saturated heterocycles. The third kappa shape index (κ3) is 3.52. The van der Waals surface area contributed by atoms with Gasteiger partial charge in [-0.3, -0.25) is 9.69 Å². The number of fused-ring (bicyclic) bond motifs is 2. The SMILES string of the molecule is Cc1ccc(CN2CCC3(CC2)CN(C(=O)c2c(C)noc2C)c2ccc(F)cc23)cc1. The van der Waals surface area contributed by atoms with Crippen molar-refractivity contribution in [1.82, 2.24) is 10.1 Å². The van der Waals surface area contributed by atoms with Gasteiger partial charge >= 0.3 is 0 Å². The number of likely N-dealkylation sites (tertiary alicyclic amines) is 1. The highest BCUT2D eigenvalue weighted by Crippen LogP contribution is 2.48. The van der Waals surface area contributed by atoms with Crippen LogP contribution in [0.5, 0.6) is 0 Å². The van der Waals surface area contributed by atoms with Gasteiger partial charge in [0.2, 0.25) is 0 Å². The smallest absolute Gasteiger partial charge is 0.263 e. The third-order valence-electron chi connectivity index (χ3n) is 7.11. The first-order valence-corrected chi connectivity index (χ1v) is 11.2. The summed E-state index contributed by atoms with van der Waals surface area (Å²) in [5.41, 5.74) is 5.20. The Bertz CT molecular complexity index is 1140. The number of carbonyl (C=O) groups excluding carboxylic acids is 1. The van der Waals surface area contributed by atoms with Crippen LogP contribution in [0.1, 0.15) is 51.3 Å². The summed E-state index contributed by atoms with van der Waals surface area (Å²) in [7, 11) is 0. The van der Waals surface area contributed by atoms with E-state index in [9.17, 15) is 9.18 Å². The molecule has 0 atom stereocenters. The van der Waals surface area contributed by atoms with Crippen molar-refractivity contribution in [1.29, 1.82) is 0 Å². The molecule has 5 nitrogen and oxygen atoms in total. The average molecular weight is 434 g/mol. The van der Waals surface area contributed by atoms with Gasteiger partial charge in [0.25, 0.3) is 5.91 Å². The zero-order chi connectivity index (χ0) is 22.5. The Hall–Kier alpha value is -2.99. The van der Waals surface area contributed by atoms with E-state index in [1.165, 1.54) is 17.2 Å². The number of piperidine rings is 1. The number of nitrogens with zero attached hydrogens (tertiary/aromatic N) is 3. The Balaban J connectivity index is 1.40. The van der Waals surface area contributed by atoms with Crippen LogP contribution in [0.3, 0.4) is 0 Å². The van der Waals surface area contributed by atoms with Crippen molar-refractivity contribution < 1.29 is 13.7 Å². The molecule has 1 fully saturated rings. The minimum absolute atomic E-state index is 0.118. The summed E-state index contributed by atoms with van der Waals surface area (Å²) in [5, 5.41) is 3.95. The lowest BCUT2D eigenvalue weighted by atomic mass is 9.74. The minimum Gasteiger partial charge on any atom is -0.361 e. The first kappa shape index (κ1) is 20.9. The summed E-state index contributed by atoms with van der Waals surface area (Å²) in [4.78, 5) is 17.7. The molecule has 0 N–H and O–H groups in total. The third-order valence-corrected chi connectivity index (χ3v) is 7.11. The molecule has 2 aromatic carbocycles. The average Bonchev–Trinajstić information content (AvgIpc) is 3.28. The highest BCUT2D eigenvalue weighted by Gasteiger charge is 2.47. The molecule has 3 heterocycles. The van der Waals surface area contributed by atoms with Crippen LogP contribution in [0.15, 0.2) is 47.0 Å². The number of halogens is 1. The van der Waals surface area contributed by atoms with E-state index in [4.69, 9.17) is 4.52 Å². The molecular weight excluding hydrogens is 405 g/mol. The predicted molar refractivity (Wildman–Crippen MR) is 121 cm³/mol. The lowest BCUT2D eigenvalue weighted by Gasteiger charge is -2.40. The lowest BCUT2D eigenvalue weighted by Crippen LogP contribution is -2.45. The van der Waals surface area contributed by atoms with Gasteiger partial charge in [-0.2, -0.15) is 0 Å². The molecule has 5 rings (SSSR count). The summed E-state index contributed by atoms with van der Waals surface area (Å²) >= 11 is 0.